The van der Waals surface area contributed by atoms with Crippen LogP contribution in [0.25, 0.3) is 44.3 Å². The minimum Gasteiger partial charge on any atom is -0.454 e. The second kappa shape index (κ2) is 8.84. The number of aromatic nitrogens is 1. The van der Waals surface area contributed by atoms with Crippen molar-refractivity contribution in [1.82, 2.24) is 0 Å². The molecule has 1 atom stereocenters. The summed E-state index contributed by atoms with van der Waals surface area (Å²) in [5, 5.41) is 12.4. The van der Waals surface area contributed by atoms with Crippen LogP contribution in [-0.4, -0.2) is 0 Å². The fraction of sp³-hybridized carbons (Fsp3) is 0.314. The Morgan fingerprint density at radius 2 is 1.61 bits per heavy atom. The quantitative estimate of drug-likeness (QED) is 0.234. The van der Waals surface area contributed by atoms with E-state index in [0.717, 1.165) is 44.3 Å². The van der Waals surface area contributed by atoms with Gasteiger partial charge in [-0.05, 0) is 85.3 Å². The second-order valence-corrected chi connectivity index (χ2v) is 11.6. The minimum atomic E-state index is 0.539. The Balaban J connectivity index is 1.47. The molecule has 3 heteroatoms. The monoisotopic (exact) mass is 497 g/mol. The molecular formula is C35H33N2O+. The molecule has 2 aliphatic carbocycles. The third-order valence-corrected chi connectivity index (χ3v) is 9.49. The van der Waals surface area contributed by atoms with Crippen molar-refractivity contribution < 1.29 is 8.98 Å². The molecule has 1 unspecified atom stereocenters. The zero-order valence-corrected chi connectivity index (χ0v) is 22.3. The lowest BCUT2D eigenvalue weighted by Gasteiger charge is -2.23. The molecule has 1 spiro atoms. The van der Waals surface area contributed by atoms with Crippen molar-refractivity contribution in [2.45, 2.75) is 57.8 Å². The van der Waals surface area contributed by atoms with Crippen LogP contribution in [-0.2, 0) is 7.05 Å². The van der Waals surface area contributed by atoms with Gasteiger partial charge in [-0.2, -0.15) is 5.26 Å². The molecule has 0 aliphatic heterocycles. The number of hydrogen-bond acceptors (Lipinski definition) is 2. The van der Waals surface area contributed by atoms with Gasteiger partial charge in [0, 0.05) is 28.5 Å². The predicted molar refractivity (Wildman–Crippen MR) is 153 cm³/mol. The van der Waals surface area contributed by atoms with E-state index in [1.807, 2.05) is 12.1 Å². The van der Waals surface area contributed by atoms with Gasteiger partial charge in [0.05, 0.1) is 17.2 Å². The highest BCUT2D eigenvalue weighted by Crippen LogP contribution is 2.56. The van der Waals surface area contributed by atoms with Gasteiger partial charge in [-0.15, -0.1) is 0 Å². The van der Waals surface area contributed by atoms with Gasteiger partial charge in [0.25, 0.3) is 0 Å². The maximum atomic E-state index is 10.3. The Hall–Kier alpha value is -3.90. The number of benzene rings is 3. The van der Waals surface area contributed by atoms with E-state index < -0.39 is 0 Å². The van der Waals surface area contributed by atoms with Gasteiger partial charge < -0.3 is 4.42 Å². The van der Waals surface area contributed by atoms with Crippen molar-refractivity contribution >= 4 is 21.9 Å². The number of aryl methyl sites for hydroxylation is 2. The molecule has 0 radical (unpaired) electrons. The van der Waals surface area contributed by atoms with Crippen LogP contribution >= 0.6 is 0 Å². The number of rotatable bonds is 3. The van der Waals surface area contributed by atoms with Crippen LogP contribution in [0, 0.1) is 23.7 Å². The first-order chi connectivity index (χ1) is 18.6. The van der Waals surface area contributed by atoms with Crippen LogP contribution in [0.2, 0.25) is 0 Å². The number of nitriles is 1. The Bertz CT molecular complexity index is 1750. The first kappa shape index (κ1) is 23.2. The normalized spacial score (nSPS) is 18.5. The minimum absolute atomic E-state index is 0.539. The SMILES string of the molecule is Cc1ccc2c(oc3c(-c4ccccc4C4CCC5(CCCC5)C4)c(C#N)ccc32)c1-c1cccc[n+]1C. The zero-order chi connectivity index (χ0) is 25.9. The van der Waals surface area contributed by atoms with Crippen molar-refractivity contribution in [1.29, 1.82) is 5.26 Å². The first-order valence-corrected chi connectivity index (χ1v) is 14.0. The van der Waals surface area contributed by atoms with E-state index in [0.29, 0.717) is 16.9 Å². The van der Waals surface area contributed by atoms with E-state index in [1.165, 1.54) is 56.1 Å². The molecule has 3 nitrogen and oxygen atoms in total. The smallest absolute Gasteiger partial charge is 0.216 e. The number of hydrogen-bond donors (Lipinski definition) is 0. The number of furan rings is 1. The van der Waals surface area contributed by atoms with Crippen molar-refractivity contribution in [2.24, 2.45) is 12.5 Å². The third-order valence-electron chi connectivity index (χ3n) is 9.49. The molecule has 2 aliphatic rings. The van der Waals surface area contributed by atoms with E-state index in [1.54, 1.807) is 0 Å². The van der Waals surface area contributed by atoms with Crippen LogP contribution in [0.1, 0.15) is 67.6 Å². The van der Waals surface area contributed by atoms with Gasteiger partial charge in [-0.1, -0.05) is 49.2 Å². The lowest BCUT2D eigenvalue weighted by atomic mass is 9.81. The van der Waals surface area contributed by atoms with Crippen molar-refractivity contribution in [2.75, 3.05) is 0 Å². The summed E-state index contributed by atoms with van der Waals surface area (Å²) in [7, 11) is 2.07. The molecule has 0 amide bonds. The first-order valence-electron chi connectivity index (χ1n) is 14.0. The molecule has 5 aromatic rings. The summed E-state index contributed by atoms with van der Waals surface area (Å²) in [6.07, 6.45) is 11.4. The average molecular weight is 498 g/mol. The van der Waals surface area contributed by atoms with E-state index in [2.05, 4.69) is 85.4 Å². The molecule has 38 heavy (non-hydrogen) atoms. The molecule has 188 valence electrons. The Labute approximate surface area is 224 Å². The second-order valence-electron chi connectivity index (χ2n) is 11.6. The van der Waals surface area contributed by atoms with Gasteiger partial charge in [-0.25, -0.2) is 4.57 Å². The summed E-state index contributed by atoms with van der Waals surface area (Å²) in [6.45, 7) is 2.14. The van der Waals surface area contributed by atoms with E-state index in [9.17, 15) is 5.26 Å². The standard InChI is InChI=1S/C35H33N2O/c1-23-12-14-28-29-15-13-25(22-36)32(34(29)38-33(28)31(23)30-11-5-8-20-37(30)2)27-10-4-3-9-26(27)24-16-19-35(21-24)17-6-7-18-35/h3-5,8-15,20,24H,6-7,16-19,21H2,1-2H3/q+1. The molecule has 2 fully saturated rings. The van der Waals surface area contributed by atoms with Crippen molar-refractivity contribution in [3.8, 4) is 28.5 Å². The summed E-state index contributed by atoms with van der Waals surface area (Å²) in [6, 6.07) is 26.0. The summed E-state index contributed by atoms with van der Waals surface area (Å²) in [5.74, 6) is 0.539. The van der Waals surface area contributed by atoms with Crippen LogP contribution < -0.4 is 4.57 Å². The molecule has 0 saturated heterocycles. The summed E-state index contributed by atoms with van der Waals surface area (Å²) < 4.78 is 8.99. The highest BCUT2D eigenvalue weighted by Gasteiger charge is 2.42. The number of nitrogens with zero attached hydrogens (tertiary/aromatic N) is 2. The maximum Gasteiger partial charge on any atom is 0.216 e. The van der Waals surface area contributed by atoms with E-state index >= 15 is 0 Å². The van der Waals surface area contributed by atoms with Crippen LogP contribution in [0.4, 0.5) is 0 Å². The van der Waals surface area contributed by atoms with Crippen LogP contribution in [0.5, 0.6) is 0 Å². The van der Waals surface area contributed by atoms with Crippen molar-refractivity contribution in [3.63, 3.8) is 0 Å². The van der Waals surface area contributed by atoms with Gasteiger partial charge in [0.15, 0.2) is 6.20 Å². The Morgan fingerprint density at radius 3 is 2.39 bits per heavy atom. The molecule has 2 aromatic heterocycles. The lowest BCUT2D eigenvalue weighted by Crippen LogP contribution is -2.30. The maximum absolute atomic E-state index is 10.3. The summed E-state index contributed by atoms with van der Waals surface area (Å²) >= 11 is 0. The largest absolute Gasteiger partial charge is 0.454 e. The van der Waals surface area contributed by atoms with Crippen LogP contribution in [0.15, 0.2) is 77.3 Å². The Morgan fingerprint density at radius 1 is 0.868 bits per heavy atom. The predicted octanol–water partition coefficient (Wildman–Crippen LogP) is 8.75. The Kier molecular flexibility index (Phi) is 5.41. The van der Waals surface area contributed by atoms with Gasteiger partial charge >= 0.3 is 0 Å². The fourth-order valence-electron chi connectivity index (χ4n) is 7.60. The molecule has 2 saturated carbocycles. The summed E-state index contributed by atoms with van der Waals surface area (Å²) in [5.41, 5.74) is 9.83. The lowest BCUT2D eigenvalue weighted by molar-refractivity contribution is -0.660. The molecule has 0 bridgehead atoms. The molecule has 3 aromatic carbocycles. The molecular weight excluding hydrogens is 464 g/mol. The number of fused-ring (bicyclic) bond motifs is 3. The number of pyridine rings is 1. The topological polar surface area (TPSA) is 40.8 Å². The average Bonchev–Trinajstić information content (AvgIpc) is 3.68. The molecule has 7 rings (SSSR count). The third kappa shape index (κ3) is 3.51. The van der Waals surface area contributed by atoms with Gasteiger partial charge in [0.1, 0.15) is 18.2 Å². The van der Waals surface area contributed by atoms with E-state index in [-0.39, 0.29) is 0 Å². The highest BCUT2D eigenvalue weighted by molar-refractivity contribution is 6.14. The fourth-order valence-corrected chi connectivity index (χ4v) is 7.60. The van der Waals surface area contributed by atoms with Crippen LogP contribution in [0.3, 0.4) is 0 Å². The molecule has 2 heterocycles. The zero-order valence-electron chi connectivity index (χ0n) is 22.3. The van der Waals surface area contributed by atoms with E-state index in [4.69, 9.17) is 4.42 Å². The van der Waals surface area contributed by atoms with Gasteiger partial charge in [0.2, 0.25) is 5.69 Å². The van der Waals surface area contributed by atoms with Gasteiger partial charge in [-0.3, -0.25) is 0 Å². The van der Waals surface area contributed by atoms with Crippen molar-refractivity contribution in [3.05, 3.63) is 89.6 Å². The molecule has 0 N–H and O–H groups in total. The highest BCUT2D eigenvalue weighted by atomic mass is 16.3. The summed E-state index contributed by atoms with van der Waals surface area (Å²) in [4.78, 5) is 0.